The summed E-state index contributed by atoms with van der Waals surface area (Å²) in [6.07, 6.45) is 0. The summed E-state index contributed by atoms with van der Waals surface area (Å²) < 4.78 is 33.6. The lowest BCUT2D eigenvalue weighted by Gasteiger charge is -2.06. The Balaban J connectivity index is 1.57. The second-order valence-corrected chi connectivity index (χ2v) is 6.36. The van der Waals surface area contributed by atoms with E-state index in [1.54, 1.807) is 29.8 Å². The standard InChI is InChI=1S/C18H15F2N3O2S/c1-23-17(15-4-2-3-5-16(15)20)21-22-18(23)26-11-13(24)10-25-14-8-6-12(19)7-9-14/h2-9H,10-11H2,1H3. The molecule has 0 radical (unpaired) electrons. The van der Waals surface area contributed by atoms with Crippen molar-refractivity contribution in [2.75, 3.05) is 12.4 Å². The molecule has 0 N–H and O–H groups in total. The minimum Gasteiger partial charge on any atom is -0.486 e. The highest BCUT2D eigenvalue weighted by Crippen LogP contribution is 2.24. The van der Waals surface area contributed by atoms with Crippen LogP contribution in [0.15, 0.2) is 53.7 Å². The van der Waals surface area contributed by atoms with E-state index in [0.29, 0.717) is 22.3 Å². The normalized spacial score (nSPS) is 10.7. The van der Waals surface area contributed by atoms with Crippen molar-refractivity contribution < 1.29 is 18.3 Å². The third-order valence-corrected chi connectivity index (χ3v) is 4.61. The average molecular weight is 375 g/mol. The van der Waals surface area contributed by atoms with Crippen molar-refractivity contribution in [2.45, 2.75) is 5.16 Å². The van der Waals surface area contributed by atoms with Crippen molar-refractivity contribution in [2.24, 2.45) is 7.05 Å². The van der Waals surface area contributed by atoms with E-state index in [2.05, 4.69) is 10.2 Å². The van der Waals surface area contributed by atoms with Crippen molar-refractivity contribution in [3.63, 3.8) is 0 Å². The van der Waals surface area contributed by atoms with Crippen molar-refractivity contribution in [3.8, 4) is 17.1 Å². The first-order valence-corrected chi connectivity index (χ1v) is 8.70. The molecule has 0 unspecified atom stereocenters. The van der Waals surface area contributed by atoms with Crippen LogP contribution in [0.5, 0.6) is 5.75 Å². The third kappa shape index (κ3) is 4.26. The zero-order valence-corrected chi connectivity index (χ0v) is 14.7. The van der Waals surface area contributed by atoms with Crippen LogP contribution in [-0.2, 0) is 11.8 Å². The molecule has 0 aliphatic carbocycles. The number of nitrogens with zero attached hydrogens (tertiary/aromatic N) is 3. The van der Waals surface area contributed by atoms with Crippen LogP contribution in [0.25, 0.3) is 11.4 Å². The van der Waals surface area contributed by atoms with Crippen LogP contribution in [0.3, 0.4) is 0 Å². The molecule has 2 aromatic carbocycles. The molecule has 8 heteroatoms. The van der Waals surface area contributed by atoms with Gasteiger partial charge in [0, 0.05) is 7.05 Å². The summed E-state index contributed by atoms with van der Waals surface area (Å²) in [6.45, 7) is -0.128. The number of carbonyl (C=O) groups excluding carboxylic acids is 1. The van der Waals surface area contributed by atoms with Crippen LogP contribution in [0.4, 0.5) is 8.78 Å². The number of Topliss-reactive ketones (excluding diaryl/α,β-unsaturated/α-hetero) is 1. The summed E-state index contributed by atoms with van der Waals surface area (Å²) in [4.78, 5) is 12.0. The summed E-state index contributed by atoms with van der Waals surface area (Å²) in [5, 5.41) is 8.51. The fourth-order valence-corrected chi connectivity index (χ4v) is 2.95. The van der Waals surface area contributed by atoms with Crippen LogP contribution in [0.1, 0.15) is 0 Å². The molecule has 134 valence electrons. The van der Waals surface area contributed by atoms with Gasteiger partial charge < -0.3 is 9.30 Å². The molecule has 1 heterocycles. The molecule has 26 heavy (non-hydrogen) atoms. The maximum Gasteiger partial charge on any atom is 0.191 e. The Labute approximate surface area is 153 Å². The van der Waals surface area contributed by atoms with Crippen molar-refractivity contribution in [1.29, 1.82) is 0 Å². The van der Waals surface area contributed by atoms with Gasteiger partial charge in [-0.3, -0.25) is 4.79 Å². The Morgan fingerprint density at radius 3 is 2.58 bits per heavy atom. The molecule has 0 fully saturated rings. The van der Waals surface area contributed by atoms with E-state index in [4.69, 9.17) is 4.74 Å². The van der Waals surface area contributed by atoms with Gasteiger partial charge in [0.25, 0.3) is 0 Å². The molecule has 0 spiro atoms. The van der Waals surface area contributed by atoms with Gasteiger partial charge in [-0.15, -0.1) is 10.2 Å². The molecule has 0 aliphatic heterocycles. The summed E-state index contributed by atoms with van der Waals surface area (Å²) >= 11 is 1.19. The fourth-order valence-electron chi connectivity index (χ4n) is 2.20. The van der Waals surface area contributed by atoms with Crippen molar-refractivity contribution in [1.82, 2.24) is 14.8 Å². The van der Waals surface area contributed by atoms with E-state index in [0.717, 1.165) is 0 Å². The monoisotopic (exact) mass is 375 g/mol. The number of hydrogen-bond donors (Lipinski definition) is 0. The topological polar surface area (TPSA) is 57.0 Å². The van der Waals surface area contributed by atoms with Gasteiger partial charge in [0.2, 0.25) is 0 Å². The van der Waals surface area contributed by atoms with E-state index >= 15 is 0 Å². The molecular weight excluding hydrogens is 360 g/mol. The highest BCUT2D eigenvalue weighted by atomic mass is 32.2. The lowest BCUT2D eigenvalue weighted by molar-refractivity contribution is -0.118. The van der Waals surface area contributed by atoms with E-state index in [-0.39, 0.29) is 29.8 Å². The van der Waals surface area contributed by atoms with Gasteiger partial charge in [-0.1, -0.05) is 23.9 Å². The number of carbonyl (C=O) groups is 1. The molecule has 3 aromatic rings. The first kappa shape index (κ1) is 18.1. The van der Waals surface area contributed by atoms with Gasteiger partial charge in [0.05, 0.1) is 11.3 Å². The lowest BCUT2D eigenvalue weighted by atomic mass is 10.2. The molecule has 0 amide bonds. The Hall–Kier alpha value is -2.74. The highest BCUT2D eigenvalue weighted by Gasteiger charge is 2.15. The van der Waals surface area contributed by atoms with Crippen LogP contribution in [-0.4, -0.2) is 32.9 Å². The van der Waals surface area contributed by atoms with E-state index in [9.17, 15) is 13.6 Å². The Bertz CT molecular complexity index is 913. The summed E-state index contributed by atoms with van der Waals surface area (Å²) in [5.41, 5.74) is 0.348. The number of rotatable bonds is 7. The molecule has 0 atom stereocenters. The molecule has 0 saturated carbocycles. The van der Waals surface area contributed by atoms with Gasteiger partial charge >= 0.3 is 0 Å². The van der Waals surface area contributed by atoms with Gasteiger partial charge in [-0.2, -0.15) is 0 Å². The number of benzene rings is 2. The zero-order chi connectivity index (χ0) is 18.5. The summed E-state index contributed by atoms with van der Waals surface area (Å²) in [6, 6.07) is 11.7. The lowest BCUT2D eigenvalue weighted by Crippen LogP contribution is -2.14. The number of ether oxygens (including phenoxy) is 1. The minimum atomic E-state index is -0.386. The van der Waals surface area contributed by atoms with Crippen LogP contribution in [0.2, 0.25) is 0 Å². The van der Waals surface area contributed by atoms with Crippen LogP contribution < -0.4 is 4.74 Å². The maximum atomic E-state index is 13.9. The van der Waals surface area contributed by atoms with Gasteiger partial charge in [0.1, 0.15) is 24.0 Å². The first-order chi connectivity index (χ1) is 12.5. The molecular formula is C18H15F2N3O2S. The summed E-state index contributed by atoms with van der Waals surface area (Å²) in [7, 11) is 1.71. The zero-order valence-electron chi connectivity index (χ0n) is 13.9. The molecule has 0 aliphatic rings. The van der Waals surface area contributed by atoms with Gasteiger partial charge in [-0.05, 0) is 36.4 Å². The molecule has 0 saturated heterocycles. The first-order valence-electron chi connectivity index (χ1n) is 7.72. The molecule has 0 bridgehead atoms. The maximum absolute atomic E-state index is 13.9. The van der Waals surface area contributed by atoms with Crippen molar-refractivity contribution in [3.05, 3.63) is 60.2 Å². The highest BCUT2D eigenvalue weighted by molar-refractivity contribution is 7.99. The molecule has 1 aromatic heterocycles. The van der Waals surface area contributed by atoms with E-state index in [1.165, 1.54) is 42.1 Å². The SMILES string of the molecule is Cn1c(SCC(=O)COc2ccc(F)cc2)nnc1-c1ccccc1F. The van der Waals surface area contributed by atoms with E-state index in [1.807, 2.05) is 0 Å². The predicted octanol–water partition coefficient (Wildman–Crippen LogP) is 3.50. The fraction of sp³-hybridized carbons (Fsp3) is 0.167. The van der Waals surface area contributed by atoms with Gasteiger partial charge in [0.15, 0.2) is 16.8 Å². The number of ketones is 1. The Morgan fingerprint density at radius 1 is 1.12 bits per heavy atom. The van der Waals surface area contributed by atoms with Crippen LogP contribution >= 0.6 is 11.8 Å². The molecule has 3 rings (SSSR count). The number of aromatic nitrogens is 3. The number of hydrogen-bond acceptors (Lipinski definition) is 5. The Morgan fingerprint density at radius 2 is 1.85 bits per heavy atom. The minimum absolute atomic E-state index is 0.128. The second kappa shape index (κ2) is 8.09. The quantitative estimate of drug-likeness (QED) is 0.592. The number of halogens is 2. The van der Waals surface area contributed by atoms with E-state index < -0.39 is 0 Å². The van der Waals surface area contributed by atoms with Crippen molar-refractivity contribution >= 4 is 17.5 Å². The smallest absolute Gasteiger partial charge is 0.191 e. The molecule has 5 nitrogen and oxygen atoms in total. The summed E-state index contributed by atoms with van der Waals surface area (Å²) in [5.74, 6) is 0.0286. The number of thioether (sulfide) groups is 1. The largest absolute Gasteiger partial charge is 0.486 e. The van der Waals surface area contributed by atoms with Gasteiger partial charge in [-0.25, -0.2) is 8.78 Å². The predicted molar refractivity (Wildman–Crippen MR) is 94.0 cm³/mol. The van der Waals surface area contributed by atoms with Crippen LogP contribution in [0, 0.1) is 11.6 Å². The second-order valence-electron chi connectivity index (χ2n) is 5.41. The third-order valence-electron chi connectivity index (χ3n) is 3.53. The average Bonchev–Trinajstić information content (AvgIpc) is 3.00. The Kier molecular flexibility index (Phi) is 5.62.